The van der Waals surface area contributed by atoms with Gasteiger partial charge in [0.25, 0.3) is 0 Å². The van der Waals surface area contributed by atoms with Crippen molar-refractivity contribution < 1.29 is 47.4 Å². The zero-order valence-electron chi connectivity index (χ0n) is 34.7. The Kier molecular flexibility index (Phi) is 25.7. The van der Waals surface area contributed by atoms with Crippen LogP contribution in [0.5, 0.6) is 0 Å². The SMILES string of the molecule is C1CCCC1.C1CCCC1.CC(C)(C)P(Cl)c1ccco1.CC(C)(C)P(c1ccco1)C1CCCC1.CC(C)(C)P(c1ccco1)C1CCCC1.[Fe].[Fe]. The van der Waals surface area contributed by atoms with Crippen molar-refractivity contribution in [3.05, 3.63) is 55.2 Å². The van der Waals surface area contributed by atoms with Gasteiger partial charge in [0.1, 0.15) is 16.5 Å². The predicted molar refractivity (Wildman–Crippen MR) is 232 cm³/mol. The van der Waals surface area contributed by atoms with E-state index < -0.39 is 7.27 Å². The Morgan fingerprint density at radius 2 is 0.698 bits per heavy atom. The minimum atomic E-state index is -0.674. The molecule has 0 amide bonds. The van der Waals surface area contributed by atoms with E-state index in [0.717, 1.165) is 16.8 Å². The van der Waals surface area contributed by atoms with E-state index in [2.05, 4.69) is 74.4 Å². The maximum Gasteiger partial charge on any atom is 0.141 e. The summed E-state index contributed by atoms with van der Waals surface area (Å²) in [6.07, 6.45) is 31.6. The van der Waals surface area contributed by atoms with Crippen LogP contribution in [0.25, 0.3) is 0 Å². The van der Waals surface area contributed by atoms with Crippen LogP contribution < -0.4 is 16.5 Å². The van der Waals surface area contributed by atoms with Gasteiger partial charge in [-0.3, -0.25) is 0 Å². The normalized spacial score (nSPS) is 19.4. The van der Waals surface area contributed by atoms with E-state index in [4.69, 9.17) is 24.5 Å². The monoisotopic (exact) mass is 890 g/mol. The van der Waals surface area contributed by atoms with Gasteiger partial charge in [0.05, 0.1) is 26.1 Å². The maximum atomic E-state index is 6.19. The van der Waals surface area contributed by atoms with Crippen LogP contribution in [0.1, 0.15) is 178 Å². The van der Waals surface area contributed by atoms with E-state index in [0.29, 0.717) is 10.3 Å². The summed E-state index contributed by atoms with van der Waals surface area (Å²) in [5.74, 6) is 0. The van der Waals surface area contributed by atoms with Crippen molar-refractivity contribution in [2.75, 3.05) is 0 Å². The van der Waals surface area contributed by atoms with Gasteiger partial charge in [-0.15, -0.1) is 0 Å². The number of hydrogen-bond acceptors (Lipinski definition) is 3. The van der Waals surface area contributed by atoms with Crippen LogP contribution >= 0.6 is 34.4 Å². The van der Waals surface area contributed by atoms with Gasteiger partial charge in [-0.25, -0.2) is 0 Å². The Balaban J connectivity index is 0.000000348. The summed E-state index contributed by atoms with van der Waals surface area (Å²) in [6, 6.07) is 12.2. The fraction of sp³-hybridized carbons (Fsp3) is 0.727. The number of halogens is 1. The number of furan rings is 3. The summed E-state index contributed by atoms with van der Waals surface area (Å²) in [5.41, 5.74) is 5.21. The van der Waals surface area contributed by atoms with Gasteiger partial charge in [0, 0.05) is 39.3 Å². The third-order valence-electron chi connectivity index (χ3n) is 10.1. The van der Waals surface area contributed by atoms with Crippen molar-refractivity contribution in [2.24, 2.45) is 0 Å². The average Bonchev–Trinajstić information content (AvgIpc) is 3.91. The van der Waals surface area contributed by atoms with Crippen LogP contribution in [-0.2, 0) is 34.1 Å². The van der Waals surface area contributed by atoms with Crippen LogP contribution in [0, 0.1) is 0 Å². The van der Waals surface area contributed by atoms with Gasteiger partial charge >= 0.3 is 0 Å². The molecule has 0 radical (unpaired) electrons. The molecule has 0 aliphatic heterocycles. The van der Waals surface area contributed by atoms with Gasteiger partial charge in [-0.2, -0.15) is 0 Å². The third-order valence-corrected chi connectivity index (χ3v) is 20.8. The van der Waals surface area contributed by atoms with Gasteiger partial charge in [0.15, 0.2) is 0 Å². The van der Waals surface area contributed by atoms with E-state index in [1.54, 1.807) is 6.26 Å². The van der Waals surface area contributed by atoms with E-state index >= 15 is 0 Å². The van der Waals surface area contributed by atoms with Crippen molar-refractivity contribution in [3.63, 3.8) is 0 Å². The minimum absolute atomic E-state index is 0. The first-order valence-electron chi connectivity index (χ1n) is 20.3. The first-order chi connectivity index (χ1) is 24.2. The second kappa shape index (κ2) is 26.5. The Morgan fingerprint density at radius 3 is 0.906 bits per heavy atom. The topological polar surface area (TPSA) is 39.4 Å². The first kappa shape index (κ1) is 51.5. The largest absolute Gasteiger partial charge is 0.465 e. The predicted octanol–water partition coefficient (Wildman–Crippen LogP) is 15.5. The van der Waals surface area contributed by atoms with Crippen molar-refractivity contribution in [2.45, 2.75) is 205 Å². The molecular formula is C44H74ClFe2O3P3. The smallest absolute Gasteiger partial charge is 0.141 e. The van der Waals surface area contributed by atoms with Crippen LogP contribution in [0.15, 0.2) is 68.4 Å². The fourth-order valence-electron chi connectivity index (χ4n) is 7.74. The molecule has 4 aliphatic rings. The average molecular weight is 891 g/mol. The van der Waals surface area contributed by atoms with Crippen LogP contribution in [0.3, 0.4) is 0 Å². The van der Waals surface area contributed by atoms with Gasteiger partial charge < -0.3 is 13.3 Å². The third kappa shape index (κ3) is 19.2. The molecule has 0 N–H and O–H groups in total. The molecule has 4 saturated carbocycles. The molecule has 0 spiro atoms. The molecule has 9 heteroatoms. The Morgan fingerprint density at radius 1 is 0.434 bits per heavy atom. The van der Waals surface area contributed by atoms with Crippen LogP contribution in [0.4, 0.5) is 0 Å². The summed E-state index contributed by atoms with van der Waals surface area (Å²) >= 11 is 6.19. The molecule has 0 bridgehead atoms. The molecule has 3 nitrogen and oxygen atoms in total. The molecule has 4 fully saturated rings. The van der Waals surface area contributed by atoms with Crippen molar-refractivity contribution in [1.82, 2.24) is 0 Å². The molecule has 306 valence electrons. The fourth-order valence-corrected chi connectivity index (χ4v) is 15.9. The Hall–Kier alpha value is 0.459. The second-order valence-corrected chi connectivity index (χ2v) is 27.7. The second-order valence-electron chi connectivity index (χ2n) is 17.8. The Bertz CT molecular complexity index is 1160. The number of hydrogen-bond donors (Lipinski definition) is 0. The molecule has 7 rings (SSSR count). The molecule has 3 aromatic rings. The molecule has 53 heavy (non-hydrogen) atoms. The molecule has 4 aliphatic carbocycles. The number of rotatable bonds is 5. The first-order valence-corrected chi connectivity index (χ1v) is 25.4. The van der Waals surface area contributed by atoms with Crippen molar-refractivity contribution in [1.29, 1.82) is 0 Å². The molecule has 0 saturated heterocycles. The van der Waals surface area contributed by atoms with E-state index in [-0.39, 0.29) is 55.1 Å². The molecular weight excluding hydrogens is 817 g/mol. The van der Waals surface area contributed by atoms with Gasteiger partial charge in [-0.05, 0) is 99.6 Å². The summed E-state index contributed by atoms with van der Waals surface area (Å²) < 4.78 is 16.5. The van der Waals surface area contributed by atoms with E-state index in [1.165, 1.54) is 127 Å². The van der Waals surface area contributed by atoms with Crippen LogP contribution in [0.2, 0.25) is 0 Å². The quantitative estimate of drug-likeness (QED) is 0.189. The minimum Gasteiger partial charge on any atom is -0.465 e. The van der Waals surface area contributed by atoms with Crippen molar-refractivity contribution in [3.8, 4) is 0 Å². The standard InChI is InChI=1S/2C13H21OP.C8H12ClOP.2C5H10.2Fe/c2*1-13(2,3)15(11-7-4-5-8-11)12-9-6-10-14-12;1-8(2,3)11(9)7-5-4-6-10-7;2*1-2-4-5-3-1;;/h2*6,9-11H,4-5,7-8H2,1-3H3;4-6H,1-3H3;2*1-5H2;;. The van der Waals surface area contributed by atoms with Crippen LogP contribution in [-0.4, -0.2) is 26.8 Å². The molecule has 3 atom stereocenters. The maximum absolute atomic E-state index is 6.19. The summed E-state index contributed by atoms with van der Waals surface area (Å²) in [7, 11) is -0.929. The Labute approximate surface area is 355 Å². The van der Waals surface area contributed by atoms with Gasteiger partial charge in [-0.1, -0.05) is 163 Å². The summed E-state index contributed by atoms with van der Waals surface area (Å²) in [4.78, 5) is 0. The molecule has 3 unspecified atom stereocenters. The summed E-state index contributed by atoms with van der Waals surface area (Å²) in [5, 5.41) is 0.874. The van der Waals surface area contributed by atoms with Crippen molar-refractivity contribution >= 4 is 50.9 Å². The molecule has 3 aromatic heterocycles. The van der Waals surface area contributed by atoms with E-state index in [9.17, 15) is 0 Å². The molecule has 3 heterocycles. The van der Waals surface area contributed by atoms with E-state index in [1.807, 2.05) is 36.8 Å². The van der Waals surface area contributed by atoms with Gasteiger partial charge in [0.2, 0.25) is 0 Å². The zero-order chi connectivity index (χ0) is 37.3. The summed E-state index contributed by atoms with van der Waals surface area (Å²) in [6.45, 7) is 20.5. The molecule has 0 aromatic carbocycles. The zero-order valence-corrected chi connectivity index (χ0v) is 40.4.